The Bertz CT molecular complexity index is 1310. The molecule has 1 aliphatic rings. The van der Waals surface area contributed by atoms with E-state index in [4.69, 9.17) is 4.74 Å². The molecule has 3 aromatic rings. The molecule has 172 valence electrons. The molecule has 0 saturated carbocycles. The Labute approximate surface area is 206 Å². The Morgan fingerprint density at radius 1 is 1.06 bits per heavy atom. The van der Waals surface area contributed by atoms with Crippen molar-refractivity contribution in [3.63, 3.8) is 0 Å². The van der Waals surface area contributed by atoms with Crippen molar-refractivity contribution >= 4 is 50.6 Å². The summed E-state index contributed by atoms with van der Waals surface area (Å²) in [5.74, 6) is -0.408. The van der Waals surface area contributed by atoms with Crippen molar-refractivity contribution in [2.45, 2.75) is 13.2 Å². The lowest BCUT2D eigenvalue weighted by Gasteiger charge is -2.12. The smallest absolute Gasteiger partial charge is 0.293 e. The number of amides is 2. The van der Waals surface area contributed by atoms with Gasteiger partial charge in [0.2, 0.25) is 0 Å². The number of imide groups is 1. The van der Waals surface area contributed by atoms with Gasteiger partial charge in [-0.2, -0.15) is 0 Å². The minimum Gasteiger partial charge on any atom is -0.488 e. The molecule has 0 radical (unpaired) electrons. The predicted octanol–water partition coefficient (Wildman–Crippen LogP) is 6.31. The average molecular weight is 543 g/mol. The maximum absolute atomic E-state index is 13.1. The van der Waals surface area contributed by atoms with E-state index in [-0.39, 0.29) is 23.7 Å². The lowest BCUT2D eigenvalue weighted by Crippen LogP contribution is -2.27. The Hall–Kier alpha value is -3.50. The van der Waals surface area contributed by atoms with Crippen LogP contribution in [0.1, 0.15) is 16.7 Å². The van der Waals surface area contributed by atoms with Crippen LogP contribution in [0.15, 0.2) is 76.1 Å². The van der Waals surface area contributed by atoms with Crippen LogP contribution in [-0.4, -0.2) is 21.0 Å². The second-order valence-corrected chi connectivity index (χ2v) is 9.20. The Morgan fingerprint density at radius 2 is 1.82 bits per heavy atom. The third-order valence-electron chi connectivity index (χ3n) is 4.90. The van der Waals surface area contributed by atoms with Gasteiger partial charge in [-0.05, 0) is 59.3 Å². The molecule has 3 aromatic carbocycles. The van der Waals surface area contributed by atoms with Crippen molar-refractivity contribution in [1.29, 1.82) is 0 Å². The summed E-state index contributed by atoms with van der Waals surface area (Å²) < 4.78 is 19.8. The van der Waals surface area contributed by atoms with Gasteiger partial charge in [0.25, 0.3) is 16.8 Å². The number of hydrogen-bond acceptors (Lipinski definition) is 6. The van der Waals surface area contributed by atoms with E-state index >= 15 is 0 Å². The standard InChI is InChI=1S/C24H16BrFN2O5S/c25-18-6-9-21(33-14-16-2-1-3-20(10-16)28(31)32)17(11-18)12-22-23(29)27(24(30)34-22)13-15-4-7-19(26)8-5-15/h1-12H,13-14H2/b22-12-. The minimum absolute atomic E-state index is 0.0352. The molecule has 2 amide bonds. The molecular formula is C24H16BrFN2O5S. The number of benzene rings is 3. The maximum atomic E-state index is 13.1. The van der Waals surface area contributed by atoms with Gasteiger partial charge in [-0.3, -0.25) is 24.6 Å². The van der Waals surface area contributed by atoms with Crippen LogP contribution >= 0.6 is 27.7 Å². The number of nitro groups is 1. The van der Waals surface area contributed by atoms with Gasteiger partial charge in [0.05, 0.1) is 16.4 Å². The number of carbonyl (C=O) groups is 2. The van der Waals surface area contributed by atoms with Crippen LogP contribution in [0.2, 0.25) is 0 Å². The fraction of sp³-hybridized carbons (Fsp3) is 0.0833. The highest BCUT2D eigenvalue weighted by atomic mass is 79.9. The van der Waals surface area contributed by atoms with Gasteiger partial charge >= 0.3 is 0 Å². The lowest BCUT2D eigenvalue weighted by molar-refractivity contribution is -0.384. The first-order valence-electron chi connectivity index (χ1n) is 9.95. The van der Waals surface area contributed by atoms with E-state index in [2.05, 4.69) is 15.9 Å². The summed E-state index contributed by atoms with van der Waals surface area (Å²) in [5.41, 5.74) is 1.77. The van der Waals surface area contributed by atoms with Crippen LogP contribution in [0.25, 0.3) is 6.08 Å². The van der Waals surface area contributed by atoms with Crippen LogP contribution < -0.4 is 4.74 Å². The van der Waals surface area contributed by atoms with Crippen LogP contribution in [0.3, 0.4) is 0 Å². The summed E-state index contributed by atoms with van der Waals surface area (Å²) in [4.78, 5) is 37.2. The highest BCUT2D eigenvalue weighted by Crippen LogP contribution is 2.36. The summed E-state index contributed by atoms with van der Waals surface area (Å²) in [6.07, 6.45) is 1.57. The zero-order chi connectivity index (χ0) is 24.2. The molecule has 34 heavy (non-hydrogen) atoms. The number of thioether (sulfide) groups is 1. The van der Waals surface area contributed by atoms with Gasteiger partial charge in [0.15, 0.2) is 0 Å². The first-order chi connectivity index (χ1) is 16.3. The fourth-order valence-corrected chi connectivity index (χ4v) is 4.44. The molecule has 0 unspecified atom stereocenters. The van der Waals surface area contributed by atoms with Crippen molar-refractivity contribution in [1.82, 2.24) is 4.90 Å². The van der Waals surface area contributed by atoms with E-state index < -0.39 is 21.9 Å². The molecule has 1 saturated heterocycles. The molecule has 1 heterocycles. The van der Waals surface area contributed by atoms with Crippen molar-refractivity contribution < 1.29 is 23.6 Å². The molecule has 0 aromatic heterocycles. The zero-order valence-electron chi connectivity index (χ0n) is 17.4. The molecule has 0 atom stereocenters. The van der Waals surface area contributed by atoms with E-state index in [0.717, 1.165) is 21.1 Å². The van der Waals surface area contributed by atoms with Gasteiger partial charge in [0.1, 0.15) is 18.2 Å². The number of nitrogens with zero attached hydrogens (tertiary/aromatic N) is 2. The summed E-state index contributed by atoms with van der Waals surface area (Å²) >= 11 is 4.21. The minimum atomic E-state index is -0.476. The topological polar surface area (TPSA) is 89.7 Å². The van der Waals surface area contributed by atoms with E-state index in [1.807, 2.05) is 0 Å². The Morgan fingerprint density at radius 3 is 2.56 bits per heavy atom. The fourth-order valence-electron chi connectivity index (χ4n) is 3.23. The van der Waals surface area contributed by atoms with E-state index in [9.17, 15) is 24.1 Å². The quantitative estimate of drug-likeness (QED) is 0.197. The van der Waals surface area contributed by atoms with Crippen LogP contribution in [-0.2, 0) is 17.9 Å². The molecule has 0 spiro atoms. The Kier molecular flexibility index (Phi) is 7.09. The number of nitro benzene ring substituents is 1. The van der Waals surface area contributed by atoms with E-state index in [1.165, 1.54) is 36.4 Å². The number of hydrogen-bond donors (Lipinski definition) is 0. The van der Waals surface area contributed by atoms with Crippen molar-refractivity contribution in [3.05, 3.63) is 109 Å². The SMILES string of the molecule is O=C1S/C(=C\c2cc(Br)ccc2OCc2cccc([N+](=O)[O-])c2)C(=O)N1Cc1ccc(F)cc1. The summed E-state index contributed by atoms with van der Waals surface area (Å²) in [6.45, 7) is 0.118. The molecule has 0 N–H and O–H groups in total. The number of ether oxygens (including phenoxy) is 1. The second-order valence-electron chi connectivity index (χ2n) is 7.29. The third kappa shape index (κ3) is 5.52. The third-order valence-corrected chi connectivity index (χ3v) is 6.30. The summed E-state index contributed by atoms with van der Waals surface area (Å²) in [7, 11) is 0. The number of non-ortho nitro benzene ring substituents is 1. The molecule has 7 nitrogen and oxygen atoms in total. The highest BCUT2D eigenvalue weighted by molar-refractivity contribution is 9.10. The molecule has 1 aliphatic heterocycles. The van der Waals surface area contributed by atoms with Crippen LogP contribution in [0.5, 0.6) is 5.75 Å². The highest BCUT2D eigenvalue weighted by Gasteiger charge is 2.35. The predicted molar refractivity (Wildman–Crippen MR) is 129 cm³/mol. The molecule has 10 heteroatoms. The van der Waals surface area contributed by atoms with Gasteiger partial charge in [-0.15, -0.1) is 0 Å². The molecule has 0 aliphatic carbocycles. The molecular weight excluding hydrogens is 527 g/mol. The molecule has 1 fully saturated rings. The lowest BCUT2D eigenvalue weighted by atomic mass is 10.1. The molecule has 4 rings (SSSR count). The summed E-state index contributed by atoms with van der Waals surface area (Å²) in [5, 5.41) is 10.6. The van der Waals surface area contributed by atoms with Gasteiger partial charge in [0, 0.05) is 22.2 Å². The van der Waals surface area contributed by atoms with Crippen molar-refractivity contribution in [3.8, 4) is 5.75 Å². The van der Waals surface area contributed by atoms with E-state index in [1.54, 1.807) is 36.4 Å². The number of halogens is 2. The van der Waals surface area contributed by atoms with Crippen molar-refractivity contribution in [2.75, 3.05) is 0 Å². The van der Waals surface area contributed by atoms with Gasteiger partial charge in [-0.25, -0.2) is 4.39 Å². The summed E-state index contributed by atoms with van der Waals surface area (Å²) in [6, 6.07) is 16.9. The second kappa shape index (κ2) is 10.2. The normalized spacial score (nSPS) is 14.6. The number of carbonyl (C=O) groups excluding carboxylic acids is 2. The maximum Gasteiger partial charge on any atom is 0.293 e. The van der Waals surface area contributed by atoms with Gasteiger partial charge < -0.3 is 4.74 Å². The average Bonchev–Trinajstić information content (AvgIpc) is 3.07. The first kappa shape index (κ1) is 23.7. The zero-order valence-corrected chi connectivity index (χ0v) is 19.8. The number of rotatable bonds is 7. The van der Waals surface area contributed by atoms with Crippen LogP contribution in [0, 0.1) is 15.9 Å². The first-order valence-corrected chi connectivity index (χ1v) is 11.6. The van der Waals surface area contributed by atoms with Crippen LogP contribution in [0.4, 0.5) is 14.9 Å². The molecule has 0 bridgehead atoms. The van der Waals surface area contributed by atoms with Crippen molar-refractivity contribution in [2.24, 2.45) is 0 Å². The van der Waals surface area contributed by atoms with Gasteiger partial charge in [-0.1, -0.05) is 40.2 Å². The largest absolute Gasteiger partial charge is 0.488 e. The Balaban J connectivity index is 1.54. The van der Waals surface area contributed by atoms with E-state index in [0.29, 0.717) is 22.4 Å². The monoisotopic (exact) mass is 542 g/mol.